The summed E-state index contributed by atoms with van der Waals surface area (Å²) >= 11 is 0. The number of hydrogen-bond acceptors (Lipinski definition) is 1. The van der Waals surface area contributed by atoms with Crippen molar-refractivity contribution < 1.29 is 36.2 Å². The smallest absolute Gasteiger partial charge is 0.418 e. The predicted molar refractivity (Wildman–Crippen MR) is 47.1 cm³/mol. The highest BCUT2D eigenvalue weighted by molar-refractivity contribution is 5.89. The third-order valence-corrected chi connectivity index (χ3v) is 2.07. The molecule has 9 heteroatoms. The van der Waals surface area contributed by atoms with Crippen LogP contribution in [0.25, 0.3) is 0 Å². The van der Waals surface area contributed by atoms with E-state index in [0.717, 1.165) is 0 Å². The van der Waals surface area contributed by atoms with Gasteiger partial charge in [-0.1, -0.05) is 0 Å². The first-order valence-corrected chi connectivity index (χ1v) is 4.58. The second-order valence-corrected chi connectivity index (χ2v) is 3.49. The van der Waals surface area contributed by atoms with E-state index in [-0.39, 0.29) is 0 Å². The summed E-state index contributed by atoms with van der Waals surface area (Å²) in [6, 6.07) is 0. The van der Waals surface area contributed by atoms with Crippen molar-refractivity contribution in [2.24, 2.45) is 0 Å². The molecule has 0 saturated heterocycles. The third-order valence-electron chi connectivity index (χ3n) is 2.07. The van der Waals surface area contributed by atoms with E-state index in [1.54, 1.807) is 0 Å². The summed E-state index contributed by atoms with van der Waals surface area (Å²) in [6.45, 7) is -0.764. The van der Waals surface area contributed by atoms with Gasteiger partial charge in [-0.2, -0.15) is 26.3 Å². The van der Waals surface area contributed by atoms with Gasteiger partial charge in [0, 0.05) is 18.9 Å². The van der Waals surface area contributed by atoms with Crippen LogP contribution >= 0.6 is 0 Å². The van der Waals surface area contributed by atoms with Crippen LogP contribution in [0.1, 0.15) is 22.3 Å². The van der Waals surface area contributed by atoms with E-state index in [9.17, 15) is 31.1 Å². The van der Waals surface area contributed by atoms with Crippen LogP contribution in [0, 0.1) is 0 Å². The fraction of sp³-hybridized carbons (Fsp3) is 0.444. The molecule has 0 radical (unpaired) electrons. The number of carbonyl (C=O) groups is 1. The molecule has 0 fully saturated rings. The highest BCUT2D eigenvalue weighted by atomic mass is 19.4. The van der Waals surface area contributed by atoms with Gasteiger partial charge in [0.15, 0.2) is 0 Å². The topological polar surface area (TPSA) is 42.2 Å². The highest BCUT2D eigenvalue weighted by Crippen LogP contribution is 2.33. The fourth-order valence-corrected chi connectivity index (χ4v) is 1.29. The average Bonchev–Trinajstić information content (AvgIpc) is 2.56. The molecule has 0 bridgehead atoms. The van der Waals surface area contributed by atoms with Crippen molar-refractivity contribution in [2.45, 2.75) is 25.3 Å². The van der Waals surface area contributed by atoms with Crippen LogP contribution in [-0.4, -0.2) is 21.8 Å². The van der Waals surface area contributed by atoms with E-state index in [4.69, 9.17) is 5.11 Å². The third kappa shape index (κ3) is 3.67. The van der Waals surface area contributed by atoms with Crippen LogP contribution < -0.4 is 0 Å². The molecule has 0 aromatic carbocycles. The summed E-state index contributed by atoms with van der Waals surface area (Å²) in [6.07, 6.45) is -9.88. The predicted octanol–water partition coefficient (Wildman–Crippen LogP) is 3.16. The number of alkyl halides is 6. The summed E-state index contributed by atoms with van der Waals surface area (Å²) in [7, 11) is 0. The van der Waals surface area contributed by atoms with Crippen LogP contribution in [0.2, 0.25) is 0 Å². The van der Waals surface area contributed by atoms with Gasteiger partial charge in [0.2, 0.25) is 0 Å². The molecule has 0 spiro atoms. The van der Waals surface area contributed by atoms with Gasteiger partial charge in [-0.25, -0.2) is 4.79 Å². The largest absolute Gasteiger partial charge is 0.478 e. The van der Waals surface area contributed by atoms with Gasteiger partial charge in [0.25, 0.3) is 0 Å². The number of aryl methyl sites for hydroxylation is 1. The summed E-state index contributed by atoms with van der Waals surface area (Å²) in [4.78, 5) is 10.5. The van der Waals surface area contributed by atoms with Gasteiger partial charge >= 0.3 is 18.3 Å². The van der Waals surface area contributed by atoms with E-state index in [2.05, 4.69) is 0 Å². The summed E-state index contributed by atoms with van der Waals surface area (Å²) < 4.78 is 73.4. The van der Waals surface area contributed by atoms with E-state index >= 15 is 0 Å². The Hall–Kier alpha value is -1.67. The maximum atomic E-state index is 12.4. The Bertz CT molecular complexity index is 445. The minimum atomic E-state index is -4.92. The molecule has 0 aliphatic rings. The quantitative estimate of drug-likeness (QED) is 0.861. The Balaban J connectivity index is 3.00. The van der Waals surface area contributed by atoms with Crippen molar-refractivity contribution >= 4 is 5.97 Å². The number of carboxylic acids is 1. The molecule has 1 N–H and O–H groups in total. The van der Waals surface area contributed by atoms with Gasteiger partial charge in [0.05, 0.1) is 17.5 Å². The molecule has 0 amide bonds. The lowest BCUT2D eigenvalue weighted by atomic mass is 10.2. The lowest BCUT2D eigenvalue weighted by molar-refractivity contribution is -0.138. The Morgan fingerprint density at radius 1 is 1.17 bits per heavy atom. The summed E-state index contributed by atoms with van der Waals surface area (Å²) in [5.74, 6) is -1.84. The Kier molecular flexibility index (Phi) is 3.63. The van der Waals surface area contributed by atoms with E-state index in [1.807, 2.05) is 0 Å². The molecule has 1 aromatic heterocycles. The summed E-state index contributed by atoms with van der Waals surface area (Å²) in [5.41, 5.74) is -2.53. The van der Waals surface area contributed by atoms with Crippen LogP contribution in [0.5, 0.6) is 0 Å². The summed E-state index contributed by atoms with van der Waals surface area (Å²) in [5, 5.41) is 8.53. The second kappa shape index (κ2) is 4.54. The molecule has 102 valence electrons. The number of hydrogen-bond donors (Lipinski definition) is 1. The van der Waals surface area contributed by atoms with Crippen LogP contribution in [0.4, 0.5) is 26.3 Å². The van der Waals surface area contributed by atoms with Gasteiger partial charge in [-0.05, 0) is 0 Å². The zero-order chi connectivity index (χ0) is 14.1. The molecule has 1 heterocycles. The molecule has 1 rings (SSSR count). The van der Waals surface area contributed by atoms with Crippen LogP contribution in [0.3, 0.4) is 0 Å². The molecule has 3 nitrogen and oxygen atoms in total. The first kappa shape index (κ1) is 14.4. The molecular formula is C9H7F6NO2. The van der Waals surface area contributed by atoms with Crippen molar-refractivity contribution in [3.8, 4) is 0 Å². The normalized spacial score (nSPS) is 12.8. The minimum Gasteiger partial charge on any atom is -0.478 e. The lowest BCUT2D eigenvalue weighted by Gasteiger charge is -2.06. The maximum Gasteiger partial charge on any atom is 0.418 e. The first-order chi connectivity index (χ1) is 8.00. The zero-order valence-corrected chi connectivity index (χ0v) is 8.64. The Labute approximate surface area is 96.6 Å². The molecule has 1 aromatic rings. The van der Waals surface area contributed by atoms with Crippen molar-refractivity contribution in [3.63, 3.8) is 0 Å². The second-order valence-electron chi connectivity index (χ2n) is 3.49. The van der Waals surface area contributed by atoms with Crippen molar-refractivity contribution in [3.05, 3.63) is 23.5 Å². The first-order valence-electron chi connectivity index (χ1n) is 4.58. The minimum absolute atomic E-state index is 0.356. The van der Waals surface area contributed by atoms with Gasteiger partial charge in [0.1, 0.15) is 0 Å². The number of aromatic nitrogens is 1. The molecule has 0 aliphatic carbocycles. The molecule has 0 aliphatic heterocycles. The molecular weight excluding hydrogens is 268 g/mol. The zero-order valence-electron chi connectivity index (χ0n) is 8.64. The fourth-order valence-electron chi connectivity index (χ4n) is 1.29. The standard InChI is InChI=1S/C9H7F6NO2/c10-8(11,12)1-2-16-3-5(7(17)18)6(4-16)9(13,14)15/h3-4H,1-2H2,(H,17,18). The Morgan fingerprint density at radius 2 is 1.72 bits per heavy atom. The molecule has 0 unspecified atom stereocenters. The maximum absolute atomic E-state index is 12.4. The van der Waals surface area contributed by atoms with Gasteiger partial charge in [-0.3, -0.25) is 0 Å². The van der Waals surface area contributed by atoms with Crippen LogP contribution in [-0.2, 0) is 12.7 Å². The van der Waals surface area contributed by atoms with Crippen LogP contribution in [0.15, 0.2) is 12.4 Å². The number of carboxylic acid groups (broad SMARTS) is 1. The molecule has 0 atom stereocenters. The SMILES string of the molecule is O=C(O)c1cn(CCC(F)(F)F)cc1C(F)(F)F. The molecule has 0 saturated carbocycles. The van der Waals surface area contributed by atoms with Gasteiger partial charge < -0.3 is 9.67 Å². The number of nitrogens with zero attached hydrogens (tertiary/aromatic N) is 1. The van der Waals surface area contributed by atoms with Crippen molar-refractivity contribution in [1.29, 1.82) is 0 Å². The van der Waals surface area contributed by atoms with Crippen molar-refractivity contribution in [2.75, 3.05) is 0 Å². The van der Waals surface area contributed by atoms with Gasteiger partial charge in [-0.15, -0.1) is 0 Å². The van der Waals surface area contributed by atoms with E-state index in [1.165, 1.54) is 0 Å². The van der Waals surface area contributed by atoms with E-state index in [0.29, 0.717) is 17.0 Å². The molecule has 18 heavy (non-hydrogen) atoms. The highest BCUT2D eigenvalue weighted by Gasteiger charge is 2.37. The van der Waals surface area contributed by atoms with E-state index < -0.39 is 42.4 Å². The average molecular weight is 275 g/mol. The number of halogens is 6. The number of rotatable bonds is 3. The van der Waals surface area contributed by atoms with Crippen molar-refractivity contribution in [1.82, 2.24) is 4.57 Å². The Morgan fingerprint density at radius 3 is 2.06 bits per heavy atom. The number of aromatic carboxylic acids is 1. The lowest BCUT2D eigenvalue weighted by Crippen LogP contribution is -2.11. The monoisotopic (exact) mass is 275 g/mol.